The molecule has 3 N–H and O–H groups in total. The highest BCUT2D eigenvalue weighted by molar-refractivity contribution is 6.08. The van der Waals surface area contributed by atoms with Gasteiger partial charge in [-0.2, -0.15) is 26.3 Å². The highest BCUT2D eigenvalue weighted by atomic mass is 19.4. The van der Waals surface area contributed by atoms with Crippen LogP contribution in [0.15, 0.2) is 48.7 Å². The molecule has 35 heavy (non-hydrogen) atoms. The number of para-hydroxylation sites is 1. The van der Waals surface area contributed by atoms with Gasteiger partial charge in [0.2, 0.25) is 5.91 Å². The van der Waals surface area contributed by atoms with Gasteiger partial charge in [0.25, 0.3) is 5.91 Å². The van der Waals surface area contributed by atoms with Crippen LogP contribution in [0.2, 0.25) is 0 Å². The van der Waals surface area contributed by atoms with Crippen LogP contribution in [0, 0.1) is 0 Å². The van der Waals surface area contributed by atoms with Crippen molar-refractivity contribution in [1.82, 2.24) is 15.2 Å². The third-order valence-corrected chi connectivity index (χ3v) is 5.38. The van der Waals surface area contributed by atoms with Crippen molar-refractivity contribution < 1.29 is 40.7 Å². The molecule has 3 aromatic rings. The van der Waals surface area contributed by atoms with Gasteiger partial charge in [-0.1, -0.05) is 18.2 Å². The molecule has 2 aromatic carbocycles. The number of nitrogens with one attached hydrogen (secondary N) is 3. The van der Waals surface area contributed by atoms with E-state index in [1.54, 1.807) is 12.3 Å². The lowest BCUT2D eigenvalue weighted by molar-refractivity contribution is -0.143. The molecule has 184 valence electrons. The minimum Gasteiger partial charge on any atom is -0.361 e. The first-order valence-corrected chi connectivity index (χ1v) is 10.1. The van der Waals surface area contributed by atoms with Crippen molar-refractivity contribution >= 4 is 34.4 Å². The van der Waals surface area contributed by atoms with Gasteiger partial charge in [0.1, 0.15) is 12.6 Å². The maximum atomic E-state index is 13.0. The summed E-state index contributed by atoms with van der Waals surface area (Å²) in [5, 5.41) is 5.16. The number of fused-ring (bicyclic) bond motifs is 1. The van der Waals surface area contributed by atoms with Gasteiger partial charge in [0, 0.05) is 29.2 Å². The van der Waals surface area contributed by atoms with Gasteiger partial charge in [-0.15, -0.1) is 0 Å². The van der Waals surface area contributed by atoms with Crippen LogP contribution in [-0.2, 0) is 28.4 Å². The number of carbonyl (C=O) groups excluding carboxylic acids is 3. The molecule has 2 heterocycles. The van der Waals surface area contributed by atoms with E-state index in [9.17, 15) is 40.7 Å². The van der Waals surface area contributed by atoms with E-state index in [0.29, 0.717) is 17.0 Å². The van der Waals surface area contributed by atoms with Gasteiger partial charge in [0.05, 0.1) is 11.1 Å². The standard InChI is InChI=1S/C22H16F6N4O3/c23-21(24,25)12-6-13(22(26,27)28)8-14(7-12)30-18(33)10-32-19(34)17(31-20(32)35)5-11-9-29-16-4-2-1-3-15(11)16/h1-4,6-9,17,29H,5,10H2,(H,30,33)(H,31,35)/t17-/m0/s1. The predicted molar refractivity (Wildman–Crippen MR) is 111 cm³/mol. The summed E-state index contributed by atoms with van der Waals surface area (Å²) in [6, 6.07) is 5.92. The third kappa shape index (κ3) is 5.08. The molecule has 0 saturated carbocycles. The van der Waals surface area contributed by atoms with E-state index in [1.165, 1.54) is 0 Å². The Morgan fingerprint density at radius 2 is 1.60 bits per heavy atom. The summed E-state index contributed by atoms with van der Waals surface area (Å²) in [6.07, 6.45) is -8.41. The Hall–Kier alpha value is -4.03. The Morgan fingerprint density at radius 3 is 2.23 bits per heavy atom. The van der Waals surface area contributed by atoms with Crippen LogP contribution in [0.3, 0.4) is 0 Å². The predicted octanol–water partition coefficient (Wildman–Crippen LogP) is 4.31. The van der Waals surface area contributed by atoms with Gasteiger partial charge in [-0.25, -0.2) is 4.79 Å². The van der Waals surface area contributed by atoms with Crippen LogP contribution in [0.1, 0.15) is 16.7 Å². The number of urea groups is 1. The third-order valence-electron chi connectivity index (χ3n) is 5.38. The normalized spacial score (nSPS) is 16.6. The van der Waals surface area contributed by atoms with Crippen molar-refractivity contribution in [3.05, 3.63) is 65.4 Å². The topological polar surface area (TPSA) is 94.3 Å². The fourth-order valence-corrected chi connectivity index (χ4v) is 3.76. The van der Waals surface area contributed by atoms with Crippen LogP contribution in [0.5, 0.6) is 0 Å². The van der Waals surface area contributed by atoms with E-state index in [4.69, 9.17) is 0 Å². The molecule has 0 radical (unpaired) electrons. The Bertz CT molecular complexity index is 1280. The maximum absolute atomic E-state index is 13.0. The first-order valence-electron chi connectivity index (χ1n) is 10.1. The number of rotatable bonds is 5. The molecule has 4 rings (SSSR count). The Morgan fingerprint density at radius 1 is 0.971 bits per heavy atom. The molecule has 0 aliphatic carbocycles. The number of benzene rings is 2. The zero-order chi connectivity index (χ0) is 25.5. The van der Waals surface area contributed by atoms with E-state index >= 15 is 0 Å². The van der Waals surface area contributed by atoms with Crippen molar-refractivity contribution in [2.75, 3.05) is 11.9 Å². The summed E-state index contributed by atoms with van der Waals surface area (Å²) in [7, 11) is 0. The average molecular weight is 498 g/mol. The number of anilines is 1. The van der Waals surface area contributed by atoms with Crippen molar-refractivity contribution in [1.29, 1.82) is 0 Å². The minimum absolute atomic E-state index is 0.0809. The molecule has 1 fully saturated rings. The second-order valence-electron chi connectivity index (χ2n) is 7.83. The summed E-state index contributed by atoms with van der Waals surface area (Å²) in [5.74, 6) is -1.90. The molecule has 1 aliphatic rings. The SMILES string of the molecule is O=C(CN1C(=O)N[C@@H](Cc2c[nH]c3ccccc23)C1=O)Nc1cc(C(F)(F)F)cc(C(F)(F)F)c1. The van der Waals surface area contributed by atoms with Gasteiger partial charge in [-0.3, -0.25) is 14.5 Å². The Labute approximate surface area is 193 Å². The lowest BCUT2D eigenvalue weighted by atomic mass is 10.1. The summed E-state index contributed by atoms with van der Waals surface area (Å²) in [4.78, 5) is 40.9. The minimum atomic E-state index is -5.10. The Kier molecular flexibility index (Phi) is 5.95. The Balaban J connectivity index is 1.47. The fourth-order valence-electron chi connectivity index (χ4n) is 3.76. The van der Waals surface area contributed by atoms with Crippen LogP contribution in [0.4, 0.5) is 36.8 Å². The van der Waals surface area contributed by atoms with Crippen LogP contribution in [0.25, 0.3) is 10.9 Å². The van der Waals surface area contributed by atoms with Crippen LogP contribution >= 0.6 is 0 Å². The maximum Gasteiger partial charge on any atom is 0.416 e. The van der Waals surface area contributed by atoms with Crippen LogP contribution in [-0.4, -0.2) is 40.3 Å². The number of nitrogens with zero attached hydrogens (tertiary/aromatic N) is 1. The number of amides is 4. The summed E-state index contributed by atoms with van der Waals surface area (Å²) >= 11 is 0. The lowest BCUT2D eigenvalue weighted by Crippen LogP contribution is -2.38. The summed E-state index contributed by atoms with van der Waals surface area (Å²) in [6.45, 7) is -0.896. The number of alkyl halides is 6. The van der Waals surface area contributed by atoms with Gasteiger partial charge in [-0.05, 0) is 29.8 Å². The second kappa shape index (κ2) is 8.64. The highest BCUT2D eigenvalue weighted by Gasteiger charge is 2.40. The first-order chi connectivity index (χ1) is 16.3. The summed E-state index contributed by atoms with van der Waals surface area (Å²) in [5.41, 5.74) is -2.46. The molecule has 0 unspecified atom stereocenters. The quantitative estimate of drug-likeness (QED) is 0.362. The molecule has 7 nitrogen and oxygen atoms in total. The lowest BCUT2D eigenvalue weighted by Gasteiger charge is -2.16. The molecule has 1 saturated heterocycles. The molecule has 1 aliphatic heterocycles. The number of imide groups is 1. The molecule has 1 aromatic heterocycles. The van der Waals surface area contributed by atoms with Crippen LogP contribution < -0.4 is 10.6 Å². The molecule has 1 atom stereocenters. The van der Waals surface area contributed by atoms with E-state index in [2.05, 4.69) is 10.3 Å². The molecule has 0 spiro atoms. The largest absolute Gasteiger partial charge is 0.416 e. The smallest absolute Gasteiger partial charge is 0.361 e. The highest BCUT2D eigenvalue weighted by Crippen LogP contribution is 2.37. The van der Waals surface area contributed by atoms with E-state index in [0.717, 1.165) is 16.5 Å². The number of hydrogen-bond acceptors (Lipinski definition) is 3. The molecule has 4 amide bonds. The van der Waals surface area contributed by atoms with E-state index in [-0.39, 0.29) is 12.5 Å². The van der Waals surface area contributed by atoms with Crippen molar-refractivity contribution in [3.63, 3.8) is 0 Å². The molecule has 13 heteroatoms. The van der Waals surface area contributed by atoms with Gasteiger partial charge >= 0.3 is 18.4 Å². The second-order valence-corrected chi connectivity index (χ2v) is 7.83. The van der Waals surface area contributed by atoms with Crippen molar-refractivity contribution in [2.24, 2.45) is 0 Å². The molecular formula is C22H16F6N4O3. The number of halogens is 6. The monoisotopic (exact) mass is 498 g/mol. The number of hydrogen-bond donors (Lipinski definition) is 3. The fraction of sp³-hybridized carbons (Fsp3) is 0.227. The number of carbonyl (C=O) groups is 3. The zero-order valence-electron chi connectivity index (χ0n) is 17.6. The molecular weight excluding hydrogens is 482 g/mol. The number of H-pyrrole nitrogens is 1. The average Bonchev–Trinajstić information content (AvgIpc) is 3.28. The van der Waals surface area contributed by atoms with E-state index < -0.39 is 59.6 Å². The zero-order valence-corrected chi connectivity index (χ0v) is 17.6. The van der Waals surface area contributed by atoms with Crippen molar-refractivity contribution in [3.8, 4) is 0 Å². The van der Waals surface area contributed by atoms with Gasteiger partial charge < -0.3 is 15.6 Å². The number of aromatic nitrogens is 1. The number of aromatic amines is 1. The van der Waals surface area contributed by atoms with E-state index in [1.807, 2.05) is 23.5 Å². The molecule has 0 bridgehead atoms. The van der Waals surface area contributed by atoms with Crippen molar-refractivity contribution in [2.45, 2.75) is 24.8 Å². The first kappa shape index (κ1) is 24.1. The van der Waals surface area contributed by atoms with Gasteiger partial charge in [0.15, 0.2) is 0 Å². The summed E-state index contributed by atoms with van der Waals surface area (Å²) < 4.78 is 78.1.